The van der Waals surface area contributed by atoms with Crippen LogP contribution in [0, 0.1) is 0 Å². The molecule has 98 valence electrons. The van der Waals surface area contributed by atoms with Gasteiger partial charge in [0.25, 0.3) is 0 Å². The van der Waals surface area contributed by atoms with Crippen molar-refractivity contribution < 1.29 is 9.90 Å². The number of carboxylic acids is 1. The standard InChI is InChI=1S/C12H18N4O2/c1-3-9-8-16(5-4-15(9)2)11-7-13-6-10(14-11)12(17)18/h6-7,9H,3-5,8H2,1-2H3,(H,17,18). The fraction of sp³-hybridized carbons (Fsp3) is 0.583. The Morgan fingerprint density at radius 2 is 2.28 bits per heavy atom. The number of carbonyl (C=O) groups is 1. The van der Waals surface area contributed by atoms with Crippen LogP contribution in [-0.2, 0) is 0 Å². The van der Waals surface area contributed by atoms with Crippen LogP contribution >= 0.6 is 0 Å². The summed E-state index contributed by atoms with van der Waals surface area (Å²) in [6.45, 7) is 4.83. The maximum atomic E-state index is 10.9. The van der Waals surface area contributed by atoms with Crippen molar-refractivity contribution in [2.75, 3.05) is 31.6 Å². The third kappa shape index (κ3) is 2.59. The van der Waals surface area contributed by atoms with E-state index in [1.165, 1.54) is 6.20 Å². The second-order valence-electron chi connectivity index (χ2n) is 4.56. The van der Waals surface area contributed by atoms with Crippen molar-refractivity contribution in [1.29, 1.82) is 0 Å². The highest BCUT2D eigenvalue weighted by Crippen LogP contribution is 2.17. The van der Waals surface area contributed by atoms with E-state index in [2.05, 4.69) is 33.7 Å². The lowest BCUT2D eigenvalue weighted by Gasteiger charge is -2.39. The molecule has 18 heavy (non-hydrogen) atoms. The molecule has 1 N–H and O–H groups in total. The molecular formula is C12H18N4O2. The van der Waals surface area contributed by atoms with Crippen LogP contribution in [0.3, 0.4) is 0 Å². The lowest BCUT2D eigenvalue weighted by Crippen LogP contribution is -2.51. The Kier molecular flexibility index (Phi) is 3.76. The Balaban J connectivity index is 2.16. The van der Waals surface area contributed by atoms with Crippen molar-refractivity contribution in [2.24, 2.45) is 0 Å². The van der Waals surface area contributed by atoms with Crippen molar-refractivity contribution in [2.45, 2.75) is 19.4 Å². The van der Waals surface area contributed by atoms with Crippen LogP contribution < -0.4 is 4.90 Å². The molecule has 0 spiro atoms. The molecular weight excluding hydrogens is 232 g/mol. The quantitative estimate of drug-likeness (QED) is 0.852. The molecule has 0 amide bonds. The van der Waals surface area contributed by atoms with Crippen molar-refractivity contribution >= 4 is 11.8 Å². The molecule has 0 saturated carbocycles. The van der Waals surface area contributed by atoms with E-state index in [4.69, 9.17) is 5.11 Å². The first-order chi connectivity index (χ1) is 8.61. The predicted octanol–water partition coefficient (Wildman–Crippen LogP) is 0.705. The average Bonchev–Trinajstić information content (AvgIpc) is 2.39. The summed E-state index contributed by atoms with van der Waals surface area (Å²) in [6.07, 6.45) is 3.97. The third-order valence-electron chi connectivity index (χ3n) is 3.41. The molecule has 0 aliphatic carbocycles. The molecule has 1 aromatic heterocycles. The highest BCUT2D eigenvalue weighted by molar-refractivity contribution is 5.85. The summed E-state index contributed by atoms with van der Waals surface area (Å²) in [4.78, 5) is 23.4. The Morgan fingerprint density at radius 1 is 1.50 bits per heavy atom. The van der Waals surface area contributed by atoms with Gasteiger partial charge in [0, 0.05) is 25.7 Å². The minimum absolute atomic E-state index is 0.000485. The van der Waals surface area contributed by atoms with Gasteiger partial charge in [0.2, 0.25) is 0 Å². The molecule has 0 radical (unpaired) electrons. The summed E-state index contributed by atoms with van der Waals surface area (Å²) in [6, 6.07) is 0.481. The number of aromatic carboxylic acids is 1. The Bertz CT molecular complexity index is 438. The van der Waals surface area contributed by atoms with Gasteiger partial charge < -0.3 is 10.0 Å². The van der Waals surface area contributed by atoms with Gasteiger partial charge in [-0.25, -0.2) is 9.78 Å². The van der Waals surface area contributed by atoms with E-state index in [9.17, 15) is 4.79 Å². The summed E-state index contributed by atoms with van der Waals surface area (Å²) in [5.41, 5.74) is -0.000485. The summed E-state index contributed by atoms with van der Waals surface area (Å²) in [5, 5.41) is 8.92. The number of aromatic nitrogens is 2. The Labute approximate surface area is 106 Å². The van der Waals surface area contributed by atoms with E-state index in [-0.39, 0.29) is 5.69 Å². The van der Waals surface area contributed by atoms with Crippen LogP contribution in [0.4, 0.5) is 5.82 Å². The van der Waals surface area contributed by atoms with Gasteiger partial charge in [-0.05, 0) is 13.5 Å². The first kappa shape index (κ1) is 12.8. The number of hydrogen-bond acceptors (Lipinski definition) is 5. The van der Waals surface area contributed by atoms with Crippen LogP contribution in [0.15, 0.2) is 12.4 Å². The van der Waals surface area contributed by atoms with Crippen LogP contribution in [-0.4, -0.2) is 58.7 Å². The van der Waals surface area contributed by atoms with Crippen LogP contribution in [0.25, 0.3) is 0 Å². The molecule has 1 aliphatic rings. The molecule has 1 atom stereocenters. The lowest BCUT2D eigenvalue weighted by atomic mass is 10.1. The predicted molar refractivity (Wildman–Crippen MR) is 67.9 cm³/mol. The fourth-order valence-corrected chi connectivity index (χ4v) is 2.21. The molecule has 1 aromatic rings. The van der Waals surface area contributed by atoms with Gasteiger partial charge in [-0.1, -0.05) is 6.92 Å². The van der Waals surface area contributed by atoms with E-state index in [1.54, 1.807) is 6.20 Å². The average molecular weight is 250 g/mol. The van der Waals surface area contributed by atoms with E-state index in [0.717, 1.165) is 26.1 Å². The van der Waals surface area contributed by atoms with E-state index >= 15 is 0 Å². The first-order valence-corrected chi connectivity index (χ1v) is 6.12. The van der Waals surface area contributed by atoms with Crippen LogP contribution in [0.2, 0.25) is 0 Å². The van der Waals surface area contributed by atoms with Crippen molar-refractivity contribution in [1.82, 2.24) is 14.9 Å². The second kappa shape index (κ2) is 5.30. The number of rotatable bonds is 3. The minimum atomic E-state index is -1.04. The zero-order valence-corrected chi connectivity index (χ0v) is 10.7. The smallest absolute Gasteiger partial charge is 0.356 e. The van der Waals surface area contributed by atoms with Gasteiger partial charge in [-0.2, -0.15) is 0 Å². The van der Waals surface area contributed by atoms with E-state index < -0.39 is 5.97 Å². The van der Waals surface area contributed by atoms with Gasteiger partial charge in [-0.15, -0.1) is 0 Å². The fourth-order valence-electron chi connectivity index (χ4n) is 2.21. The zero-order chi connectivity index (χ0) is 13.1. The molecule has 2 heterocycles. The van der Waals surface area contributed by atoms with Gasteiger partial charge in [0.05, 0.1) is 12.4 Å². The lowest BCUT2D eigenvalue weighted by molar-refractivity contribution is 0.0690. The largest absolute Gasteiger partial charge is 0.476 e. The first-order valence-electron chi connectivity index (χ1n) is 6.12. The van der Waals surface area contributed by atoms with Gasteiger partial charge in [0.15, 0.2) is 5.69 Å². The molecule has 1 fully saturated rings. The number of hydrogen-bond donors (Lipinski definition) is 1. The van der Waals surface area contributed by atoms with Gasteiger partial charge >= 0.3 is 5.97 Å². The SMILES string of the molecule is CCC1CN(c2cncc(C(=O)O)n2)CCN1C. The summed E-state index contributed by atoms with van der Waals surface area (Å²) >= 11 is 0. The van der Waals surface area contributed by atoms with Crippen LogP contribution in [0.5, 0.6) is 0 Å². The molecule has 2 rings (SSSR count). The maximum absolute atomic E-state index is 10.9. The number of carboxylic acid groups (broad SMARTS) is 1. The van der Waals surface area contributed by atoms with Crippen molar-refractivity contribution in [3.8, 4) is 0 Å². The molecule has 0 bridgehead atoms. The second-order valence-corrected chi connectivity index (χ2v) is 4.56. The van der Waals surface area contributed by atoms with E-state index in [0.29, 0.717) is 11.9 Å². The summed E-state index contributed by atoms with van der Waals surface area (Å²) in [5.74, 6) is -0.382. The number of likely N-dealkylation sites (N-methyl/N-ethyl adjacent to an activating group) is 1. The highest BCUT2D eigenvalue weighted by atomic mass is 16.4. The Hall–Kier alpha value is -1.69. The summed E-state index contributed by atoms with van der Waals surface area (Å²) in [7, 11) is 2.12. The summed E-state index contributed by atoms with van der Waals surface area (Å²) < 4.78 is 0. The molecule has 1 aliphatic heterocycles. The topological polar surface area (TPSA) is 69.6 Å². The number of nitrogens with zero attached hydrogens (tertiary/aromatic N) is 4. The monoisotopic (exact) mass is 250 g/mol. The minimum Gasteiger partial charge on any atom is -0.476 e. The molecule has 6 heteroatoms. The van der Waals surface area contributed by atoms with E-state index in [1.807, 2.05) is 0 Å². The highest BCUT2D eigenvalue weighted by Gasteiger charge is 2.24. The molecule has 6 nitrogen and oxygen atoms in total. The normalized spacial score (nSPS) is 21.0. The molecule has 1 unspecified atom stereocenters. The van der Waals surface area contributed by atoms with Crippen LogP contribution in [0.1, 0.15) is 23.8 Å². The molecule has 0 aromatic carbocycles. The van der Waals surface area contributed by atoms with Gasteiger partial charge in [0.1, 0.15) is 5.82 Å². The van der Waals surface area contributed by atoms with Crippen molar-refractivity contribution in [3.63, 3.8) is 0 Å². The van der Waals surface area contributed by atoms with Crippen molar-refractivity contribution in [3.05, 3.63) is 18.1 Å². The Morgan fingerprint density at radius 3 is 2.94 bits per heavy atom. The third-order valence-corrected chi connectivity index (χ3v) is 3.41. The number of piperazine rings is 1. The maximum Gasteiger partial charge on any atom is 0.356 e. The van der Waals surface area contributed by atoms with Gasteiger partial charge in [-0.3, -0.25) is 9.88 Å². The molecule has 1 saturated heterocycles. The number of anilines is 1. The zero-order valence-electron chi connectivity index (χ0n) is 10.7.